The minimum absolute atomic E-state index is 0.0222. The predicted octanol–water partition coefficient (Wildman–Crippen LogP) is 3.62. The standard InChI is InChI=1S/C18H16ClF2N3O2/c19-14-4-1-12(2-5-14)9-10-23-16(25)7-6-15(22)13-3-8-17(24-11-13)26-18(20)21/h1-8,11,18,22H,9-10H2,(H,23,25)/b7-6-,22-15?. The van der Waals surface area contributed by atoms with E-state index in [2.05, 4.69) is 15.0 Å². The fraction of sp³-hybridized carbons (Fsp3) is 0.167. The van der Waals surface area contributed by atoms with Crippen molar-refractivity contribution in [2.45, 2.75) is 13.0 Å². The Morgan fingerprint density at radius 1 is 1.23 bits per heavy atom. The SMILES string of the molecule is N=C(/C=C\C(=O)NCCc1ccc(Cl)cc1)c1ccc(OC(F)F)nc1. The molecule has 0 saturated carbocycles. The monoisotopic (exact) mass is 379 g/mol. The average Bonchev–Trinajstić information content (AvgIpc) is 2.61. The fourth-order valence-corrected chi connectivity index (χ4v) is 2.12. The van der Waals surface area contributed by atoms with Crippen LogP contribution in [0.2, 0.25) is 5.02 Å². The Labute approximate surface area is 154 Å². The molecule has 2 aromatic rings. The first-order chi connectivity index (χ1) is 12.4. The molecule has 1 heterocycles. The number of nitrogens with zero attached hydrogens (tertiary/aromatic N) is 1. The van der Waals surface area contributed by atoms with E-state index in [4.69, 9.17) is 17.0 Å². The van der Waals surface area contributed by atoms with Crippen molar-refractivity contribution in [3.63, 3.8) is 0 Å². The maximum absolute atomic E-state index is 12.1. The van der Waals surface area contributed by atoms with Crippen LogP contribution < -0.4 is 10.1 Å². The first kappa shape index (κ1) is 19.5. The lowest BCUT2D eigenvalue weighted by molar-refractivity contribution is -0.116. The predicted molar refractivity (Wildman–Crippen MR) is 95.0 cm³/mol. The van der Waals surface area contributed by atoms with Gasteiger partial charge in [0, 0.05) is 35.5 Å². The topological polar surface area (TPSA) is 75.1 Å². The third-order valence-electron chi connectivity index (χ3n) is 3.28. The highest BCUT2D eigenvalue weighted by molar-refractivity contribution is 6.30. The number of carbonyl (C=O) groups is 1. The number of amides is 1. The number of allylic oxidation sites excluding steroid dienone is 1. The molecule has 1 aromatic heterocycles. The quantitative estimate of drug-likeness (QED) is 0.543. The molecule has 1 amide bonds. The van der Waals surface area contributed by atoms with E-state index in [1.54, 1.807) is 12.1 Å². The van der Waals surface area contributed by atoms with E-state index in [9.17, 15) is 13.6 Å². The Hall–Kier alpha value is -2.80. The van der Waals surface area contributed by atoms with Gasteiger partial charge in [0.2, 0.25) is 11.8 Å². The summed E-state index contributed by atoms with van der Waals surface area (Å²) in [6, 6.07) is 9.98. The van der Waals surface area contributed by atoms with Gasteiger partial charge in [-0.1, -0.05) is 23.7 Å². The second-order valence-corrected chi connectivity index (χ2v) is 5.61. The van der Waals surface area contributed by atoms with Crippen LogP contribution >= 0.6 is 11.6 Å². The number of ether oxygens (including phenoxy) is 1. The Bertz CT molecular complexity index is 778. The molecule has 2 rings (SSSR count). The molecule has 0 aliphatic heterocycles. The zero-order valence-electron chi connectivity index (χ0n) is 13.6. The minimum atomic E-state index is -2.95. The van der Waals surface area contributed by atoms with Gasteiger partial charge in [-0.05, 0) is 36.3 Å². The summed E-state index contributed by atoms with van der Waals surface area (Å²) >= 11 is 5.80. The van der Waals surface area contributed by atoms with E-state index in [0.29, 0.717) is 23.6 Å². The number of pyridine rings is 1. The normalized spacial score (nSPS) is 10.9. The van der Waals surface area contributed by atoms with E-state index >= 15 is 0 Å². The van der Waals surface area contributed by atoms with E-state index in [1.165, 1.54) is 30.5 Å². The molecule has 0 radical (unpaired) electrons. The van der Waals surface area contributed by atoms with Crippen molar-refractivity contribution in [3.8, 4) is 5.88 Å². The lowest BCUT2D eigenvalue weighted by Crippen LogP contribution is -2.23. The number of rotatable bonds is 8. The van der Waals surface area contributed by atoms with Crippen molar-refractivity contribution >= 4 is 23.2 Å². The number of benzene rings is 1. The van der Waals surface area contributed by atoms with Crippen LogP contribution in [0.1, 0.15) is 11.1 Å². The Balaban J connectivity index is 1.79. The minimum Gasteiger partial charge on any atom is -0.417 e. The molecular weight excluding hydrogens is 364 g/mol. The summed E-state index contributed by atoms with van der Waals surface area (Å²) in [6.45, 7) is -2.51. The summed E-state index contributed by atoms with van der Waals surface area (Å²) < 4.78 is 28.2. The first-order valence-electron chi connectivity index (χ1n) is 7.64. The van der Waals surface area contributed by atoms with Gasteiger partial charge in [-0.15, -0.1) is 0 Å². The Morgan fingerprint density at radius 2 is 1.96 bits per heavy atom. The molecule has 0 atom stereocenters. The van der Waals surface area contributed by atoms with Crippen LogP contribution in [-0.2, 0) is 11.2 Å². The van der Waals surface area contributed by atoms with Crippen molar-refractivity contribution < 1.29 is 18.3 Å². The Morgan fingerprint density at radius 3 is 2.58 bits per heavy atom. The molecule has 5 nitrogen and oxygen atoms in total. The fourth-order valence-electron chi connectivity index (χ4n) is 2.00. The van der Waals surface area contributed by atoms with E-state index in [0.717, 1.165) is 5.56 Å². The average molecular weight is 380 g/mol. The summed E-state index contributed by atoms with van der Waals surface area (Å²) in [7, 11) is 0. The van der Waals surface area contributed by atoms with Gasteiger partial charge in [0.25, 0.3) is 0 Å². The molecule has 0 aliphatic rings. The molecule has 0 fully saturated rings. The molecule has 2 N–H and O–H groups in total. The van der Waals surface area contributed by atoms with Crippen LogP contribution in [0.15, 0.2) is 54.7 Å². The van der Waals surface area contributed by atoms with Gasteiger partial charge in [-0.25, -0.2) is 4.98 Å². The molecule has 0 bridgehead atoms. The van der Waals surface area contributed by atoms with Gasteiger partial charge in [0.15, 0.2) is 0 Å². The van der Waals surface area contributed by atoms with Crippen LogP contribution in [-0.4, -0.2) is 29.8 Å². The van der Waals surface area contributed by atoms with Crippen molar-refractivity contribution in [2.75, 3.05) is 6.54 Å². The lowest BCUT2D eigenvalue weighted by Gasteiger charge is -2.04. The maximum atomic E-state index is 12.1. The van der Waals surface area contributed by atoms with Crippen molar-refractivity contribution in [1.29, 1.82) is 5.41 Å². The zero-order valence-corrected chi connectivity index (χ0v) is 14.3. The molecule has 0 unspecified atom stereocenters. The van der Waals surface area contributed by atoms with Crippen molar-refractivity contribution in [1.82, 2.24) is 10.3 Å². The van der Waals surface area contributed by atoms with Gasteiger partial charge in [-0.2, -0.15) is 8.78 Å². The van der Waals surface area contributed by atoms with E-state index in [1.807, 2.05) is 12.1 Å². The van der Waals surface area contributed by atoms with Crippen molar-refractivity contribution in [3.05, 3.63) is 70.9 Å². The second-order valence-electron chi connectivity index (χ2n) is 5.18. The molecule has 136 valence electrons. The van der Waals surface area contributed by atoms with Gasteiger partial charge in [0.05, 0.1) is 5.71 Å². The maximum Gasteiger partial charge on any atom is 0.388 e. The highest BCUT2D eigenvalue weighted by Crippen LogP contribution is 2.11. The largest absolute Gasteiger partial charge is 0.417 e. The van der Waals surface area contributed by atoms with E-state index in [-0.39, 0.29) is 17.5 Å². The van der Waals surface area contributed by atoms with Crippen LogP contribution in [0.3, 0.4) is 0 Å². The summed E-state index contributed by atoms with van der Waals surface area (Å²) in [6.07, 6.45) is 4.42. The number of hydrogen-bond donors (Lipinski definition) is 2. The number of halogens is 3. The van der Waals surface area contributed by atoms with Crippen molar-refractivity contribution in [2.24, 2.45) is 0 Å². The second kappa shape index (κ2) is 9.62. The van der Waals surface area contributed by atoms with Gasteiger partial charge < -0.3 is 15.5 Å². The number of carbonyl (C=O) groups excluding carboxylic acids is 1. The third kappa shape index (κ3) is 6.60. The van der Waals surface area contributed by atoms with Gasteiger partial charge in [-0.3, -0.25) is 4.79 Å². The summed E-state index contributed by atoms with van der Waals surface area (Å²) in [5, 5.41) is 11.2. The number of hydrogen-bond acceptors (Lipinski definition) is 4. The number of nitrogens with one attached hydrogen (secondary N) is 2. The first-order valence-corrected chi connectivity index (χ1v) is 8.02. The molecule has 0 spiro atoms. The van der Waals surface area contributed by atoms with Crippen LogP contribution in [0.5, 0.6) is 5.88 Å². The summed E-state index contributed by atoms with van der Waals surface area (Å²) in [5.74, 6) is -0.574. The lowest BCUT2D eigenvalue weighted by atomic mass is 10.1. The van der Waals surface area contributed by atoms with Gasteiger partial charge in [0.1, 0.15) is 0 Å². The summed E-state index contributed by atoms with van der Waals surface area (Å²) in [5.41, 5.74) is 1.44. The smallest absolute Gasteiger partial charge is 0.388 e. The highest BCUT2D eigenvalue weighted by atomic mass is 35.5. The molecular formula is C18H16ClF2N3O2. The molecule has 0 aliphatic carbocycles. The Kier molecular flexibility index (Phi) is 7.23. The molecule has 1 aromatic carbocycles. The van der Waals surface area contributed by atoms with Crippen LogP contribution in [0.4, 0.5) is 8.78 Å². The van der Waals surface area contributed by atoms with Crippen LogP contribution in [0.25, 0.3) is 0 Å². The highest BCUT2D eigenvalue weighted by Gasteiger charge is 2.06. The summed E-state index contributed by atoms with van der Waals surface area (Å²) in [4.78, 5) is 15.4. The van der Waals surface area contributed by atoms with E-state index < -0.39 is 6.61 Å². The number of aromatic nitrogens is 1. The number of alkyl halides is 2. The van der Waals surface area contributed by atoms with Gasteiger partial charge >= 0.3 is 6.61 Å². The molecule has 0 saturated heterocycles. The zero-order chi connectivity index (χ0) is 18.9. The third-order valence-corrected chi connectivity index (χ3v) is 3.54. The van der Waals surface area contributed by atoms with Crippen LogP contribution in [0, 0.1) is 5.41 Å². The molecule has 8 heteroatoms. The molecule has 26 heavy (non-hydrogen) atoms.